The maximum Gasteiger partial charge on any atom is 0.120 e. The van der Waals surface area contributed by atoms with Gasteiger partial charge in [0, 0.05) is 10.5 Å². The summed E-state index contributed by atoms with van der Waals surface area (Å²) in [7, 11) is 2.07. The topological polar surface area (TPSA) is 21.3 Å². The fourth-order valence-corrected chi connectivity index (χ4v) is 3.89. The summed E-state index contributed by atoms with van der Waals surface area (Å²) in [5.41, 5.74) is 1.36. The smallest absolute Gasteiger partial charge is 0.120 e. The van der Waals surface area contributed by atoms with Crippen LogP contribution in [0.1, 0.15) is 51.1 Å². The van der Waals surface area contributed by atoms with E-state index in [9.17, 15) is 0 Å². The van der Waals surface area contributed by atoms with Gasteiger partial charge in [0.15, 0.2) is 0 Å². The van der Waals surface area contributed by atoms with Gasteiger partial charge in [0.25, 0.3) is 0 Å². The molecule has 0 saturated heterocycles. The van der Waals surface area contributed by atoms with Crippen molar-refractivity contribution in [1.29, 1.82) is 0 Å². The van der Waals surface area contributed by atoms with Gasteiger partial charge in [-0.2, -0.15) is 0 Å². The van der Waals surface area contributed by atoms with Gasteiger partial charge in [0.1, 0.15) is 5.75 Å². The molecule has 0 aliphatic heterocycles. The molecule has 2 nitrogen and oxygen atoms in total. The fourth-order valence-electron chi connectivity index (χ4n) is 3.28. The monoisotopic (exact) mass is 339 g/mol. The van der Waals surface area contributed by atoms with Crippen LogP contribution in [-0.2, 0) is 0 Å². The van der Waals surface area contributed by atoms with Crippen molar-refractivity contribution in [3.05, 3.63) is 28.2 Å². The number of rotatable bonds is 5. The summed E-state index contributed by atoms with van der Waals surface area (Å²) < 4.78 is 6.72. The van der Waals surface area contributed by atoms with Crippen molar-refractivity contribution in [1.82, 2.24) is 5.32 Å². The van der Waals surface area contributed by atoms with Crippen molar-refractivity contribution in [2.24, 2.45) is 11.8 Å². The van der Waals surface area contributed by atoms with E-state index in [0.717, 1.165) is 22.1 Å². The number of benzene rings is 1. The van der Waals surface area contributed by atoms with Crippen LogP contribution >= 0.6 is 15.9 Å². The van der Waals surface area contributed by atoms with Crippen LogP contribution < -0.4 is 10.1 Å². The van der Waals surface area contributed by atoms with Gasteiger partial charge in [0.05, 0.1) is 6.61 Å². The molecule has 1 unspecified atom stereocenters. The lowest BCUT2D eigenvalue weighted by Gasteiger charge is -2.33. The third-order valence-corrected chi connectivity index (χ3v) is 5.15. The van der Waals surface area contributed by atoms with E-state index in [-0.39, 0.29) is 0 Å². The molecule has 0 heterocycles. The van der Waals surface area contributed by atoms with E-state index in [2.05, 4.69) is 53.4 Å². The average molecular weight is 340 g/mol. The lowest BCUT2D eigenvalue weighted by atomic mass is 9.77. The molecule has 1 aromatic carbocycles. The molecule has 0 aromatic heterocycles. The molecule has 1 saturated carbocycles. The van der Waals surface area contributed by atoms with Gasteiger partial charge in [-0.1, -0.05) is 41.8 Å². The van der Waals surface area contributed by atoms with E-state index in [1.165, 1.54) is 31.2 Å². The van der Waals surface area contributed by atoms with Crippen LogP contribution in [0.5, 0.6) is 5.75 Å². The quantitative estimate of drug-likeness (QED) is 0.820. The van der Waals surface area contributed by atoms with Crippen LogP contribution in [0.3, 0.4) is 0 Å². The molecule has 3 heteroatoms. The summed E-state index contributed by atoms with van der Waals surface area (Å²) in [5, 5.41) is 3.52. The van der Waals surface area contributed by atoms with Gasteiger partial charge < -0.3 is 10.1 Å². The van der Waals surface area contributed by atoms with E-state index >= 15 is 0 Å². The lowest BCUT2D eigenvalue weighted by molar-refractivity contribution is 0.237. The summed E-state index contributed by atoms with van der Waals surface area (Å²) >= 11 is 3.72. The molecular weight excluding hydrogens is 314 g/mol. The van der Waals surface area contributed by atoms with E-state index in [1.54, 1.807) is 0 Å². The van der Waals surface area contributed by atoms with Crippen molar-refractivity contribution >= 4 is 15.9 Å². The van der Waals surface area contributed by atoms with Crippen molar-refractivity contribution in [3.63, 3.8) is 0 Å². The van der Waals surface area contributed by atoms with Crippen LogP contribution in [0.15, 0.2) is 22.7 Å². The largest absolute Gasteiger partial charge is 0.494 e. The van der Waals surface area contributed by atoms with Gasteiger partial charge in [-0.05, 0) is 56.3 Å². The molecule has 112 valence electrons. The van der Waals surface area contributed by atoms with Crippen molar-refractivity contribution in [2.75, 3.05) is 13.7 Å². The van der Waals surface area contributed by atoms with Crippen molar-refractivity contribution < 1.29 is 4.74 Å². The molecule has 1 N–H and O–H groups in total. The number of hydrogen-bond donors (Lipinski definition) is 1. The Labute approximate surface area is 131 Å². The third-order valence-electron chi connectivity index (χ3n) is 4.46. The Bertz CT molecular complexity index is 427. The Morgan fingerprint density at radius 3 is 2.55 bits per heavy atom. The molecule has 20 heavy (non-hydrogen) atoms. The van der Waals surface area contributed by atoms with Gasteiger partial charge in [-0.25, -0.2) is 0 Å². The van der Waals surface area contributed by atoms with Crippen molar-refractivity contribution in [3.8, 4) is 5.75 Å². The number of ether oxygens (including phenoxy) is 1. The highest BCUT2D eigenvalue weighted by Crippen LogP contribution is 2.39. The predicted octanol–water partition coefficient (Wildman–Crippen LogP) is 4.93. The number of hydrogen-bond acceptors (Lipinski definition) is 2. The minimum Gasteiger partial charge on any atom is -0.494 e. The number of nitrogens with one attached hydrogen (secondary N) is 1. The summed E-state index contributed by atoms with van der Waals surface area (Å²) in [4.78, 5) is 0. The zero-order chi connectivity index (χ0) is 14.5. The molecule has 1 aromatic rings. The first-order chi connectivity index (χ1) is 9.65. The Morgan fingerprint density at radius 2 is 2.00 bits per heavy atom. The van der Waals surface area contributed by atoms with Gasteiger partial charge in [-0.3, -0.25) is 0 Å². The zero-order valence-electron chi connectivity index (χ0n) is 12.8. The standard InChI is InChI=1S/C17H26BrNO/c1-4-20-14-9-10-15(16(18)11-14)17(19-3)13-7-5-12(2)6-8-13/h9-13,17,19H,4-8H2,1-3H3. The first kappa shape index (κ1) is 15.8. The molecule has 0 amide bonds. The van der Waals surface area contributed by atoms with Gasteiger partial charge >= 0.3 is 0 Å². The van der Waals surface area contributed by atoms with Crippen LogP contribution in [0.25, 0.3) is 0 Å². The second kappa shape index (κ2) is 7.46. The van der Waals surface area contributed by atoms with Crippen LogP contribution in [0.2, 0.25) is 0 Å². The molecule has 1 fully saturated rings. The maximum absolute atomic E-state index is 5.56. The third kappa shape index (κ3) is 3.76. The van der Waals surface area contributed by atoms with Crippen LogP contribution in [0.4, 0.5) is 0 Å². The fraction of sp³-hybridized carbons (Fsp3) is 0.647. The minimum absolute atomic E-state index is 0.438. The summed E-state index contributed by atoms with van der Waals surface area (Å²) in [6.45, 7) is 5.10. The van der Waals surface area contributed by atoms with Crippen molar-refractivity contribution in [2.45, 2.75) is 45.6 Å². The zero-order valence-corrected chi connectivity index (χ0v) is 14.4. The average Bonchev–Trinajstić information content (AvgIpc) is 2.44. The SMILES string of the molecule is CCOc1ccc(C(NC)C2CCC(C)CC2)c(Br)c1. The highest BCUT2D eigenvalue weighted by Gasteiger charge is 2.27. The Hall–Kier alpha value is -0.540. The Morgan fingerprint density at radius 1 is 1.30 bits per heavy atom. The molecule has 1 aliphatic rings. The second-order valence-corrected chi connectivity index (χ2v) is 6.76. The molecule has 0 radical (unpaired) electrons. The molecule has 0 spiro atoms. The Kier molecular flexibility index (Phi) is 5.91. The molecular formula is C17H26BrNO. The van der Waals surface area contributed by atoms with Crippen LogP contribution in [0, 0.1) is 11.8 Å². The number of halogens is 1. The molecule has 2 rings (SSSR count). The van der Waals surface area contributed by atoms with Crippen LogP contribution in [-0.4, -0.2) is 13.7 Å². The minimum atomic E-state index is 0.438. The molecule has 1 aliphatic carbocycles. The normalized spacial score (nSPS) is 24.4. The van der Waals surface area contributed by atoms with E-state index < -0.39 is 0 Å². The first-order valence-corrected chi connectivity index (χ1v) is 8.54. The lowest BCUT2D eigenvalue weighted by Crippen LogP contribution is -2.28. The predicted molar refractivity (Wildman–Crippen MR) is 88.2 cm³/mol. The van der Waals surface area contributed by atoms with E-state index in [4.69, 9.17) is 4.74 Å². The van der Waals surface area contributed by atoms with Gasteiger partial charge in [0.2, 0.25) is 0 Å². The summed E-state index contributed by atoms with van der Waals surface area (Å²) in [6.07, 6.45) is 5.37. The second-order valence-electron chi connectivity index (χ2n) is 5.90. The Balaban J connectivity index is 2.14. The van der Waals surface area contributed by atoms with E-state index in [1.807, 2.05) is 6.92 Å². The summed E-state index contributed by atoms with van der Waals surface area (Å²) in [6, 6.07) is 6.81. The molecule has 1 atom stereocenters. The first-order valence-electron chi connectivity index (χ1n) is 7.75. The van der Waals surface area contributed by atoms with Gasteiger partial charge in [-0.15, -0.1) is 0 Å². The van der Waals surface area contributed by atoms with E-state index in [0.29, 0.717) is 12.6 Å². The summed E-state index contributed by atoms with van der Waals surface area (Å²) in [5.74, 6) is 2.58. The maximum atomic E-state index is 5.56. The molecule has 0 bridgehead atoms. The highest BCUT2D eigenvalue weighted by molar-refractivity contribution is 9.10. The highest BCUT2D eigenvalue weighted by atomic mass is 79.9.